The van der Waals surface area contributed by atoms with Gasteiger partial charge in [-0.1, -0.05) is 11.6 Å². The topological polar surface area (TPSA) is 12.9 Å². The van der Waals surface area contributed by atoms with E-state index < -0.39 is 17.9 Å². The monoisotopic (exact) mass is 259 g/mol. The minimum absolute atomic E-state index is 0.286. The van der Waals surface area contributed by atoms with Crippen LogP contribution in [0.25, 0.3) is 0 Å². The molecule has 0 amide bonds. The Kier molecular flexibility index (Phi) is 2.95. The highest BCUT2D eigenvalue weighted by Gasteiger charge is 2.16. The summed E-state index contributed by atoms with van der Waals surface area (Å²) in [7, 11) is 0. The highest BCUT2D eigenvalue weighted by Crippen LogP contribution is 2.30. The first-order valence-corrected chi connectivity index (χ1v) is 3.99. The molecule has 1 heterocycles. The SMILES string of the molecule is Fc1nc(Cl)cc(C(F)F)c1Br. The molecule has 66 valence electrons. The number of aromatic nitrogens is 1. The largest absolute Gasteiger partial charge is 0.265 e. The fraction of sp³-hybridized carbons (Fsp3) is 0.167. The van der Waals surface area contributed by atoms with Crippen LogP contribution in [0, 0.1) is 5.95 Å². The van der Waals surface area contributed by atoms with E-state index in [2.05, 4.69) is 20.9 Å². The van der Waals surface area contributed by atoms with Gasteiger partial charge in [0.15, 0.2) is 0 Å². The molecule has 0 N–H and O–H groups in total. The molecule has 0 bridgehead atoms. The van der Waals surface area contributed by atoms with Gasteiger partial charge in [0, 0.05) is 5.56 Å². The number of hydrogen-bond donors (Lipinski definition) is 0. The normalized spacial score (nSPS) is 10.8. The quantitative estimate of drug-likeness (QED) is 0.703. The molecule has 12 heavy (non-hydrogen) atoms. The van der Waals surface area contributed by atoms with E-state index in [1.54, 1.807) is 0 Å². The van der Waals surface area contributed by atoms with Gasteiger partial charge in [0.2, 0.25) is 5.95 Å². The summed E-state index contributed by atoms with van der Waals surface area (Å²) in [5, 5.41) is -0.286. The first-order chi connectivity index (χ1) is 5.52. The summed E-state index contributed by atoms with van der Waals surface area (Å²) in [6, 6.07) is 0.916. The molecule has 0 saturated heterocycles. The third-order valence-corrected chi connectivity index (χ3v) is 2.13. The van der Waals surface area contributed by atoms with Crippen LogP contribution in [0.4, 0.5) is 13.2 Å². The molecule has 0 aliphatic rings. The average Bonchev–Trinajstić information content (AvgIpc) is 1.96. The van der Waals surface area contributed by atoms with Crippen molar-refractivity contribution in [3.63, 3.8) is 0 Å². The van der Waals surface area contributed by atoms with E-state index in [0.717, 1.165) is 6.07 Å². The fourth-order valence-electron chi connectivity index (χ4n) is 0.645. The van der Waals surface area contributed by atoms with E-state index in [1.807, 2.05) is 0 Å². The highest BCUT2D eigenvalue weighted by molar-refractivity contribution is 9.10. The molecule has 0 fully saturated rings. The number of hydrogen-bond acceptors (Lipinski definition) is 1. The Morgan fingerprint density at radius 1 is 1.50 bits per heavy atom. The van der Waals surface area contributed by atoms with Gasteiger partial charge in [0.1, 0.15) is 5.15 Å². The molecular weight excluding hydrogens is 258 g/mol. The minimum Gasteiger partial charge on any atom is -0.207 e. The molecule has 6 heteroatoms. The van der Waals surface area contributed by atoms with Crippen LogP contribution >= 0.6 is 27.5 Å². The standard InChI is InChI=1S/C6H2BrClF3N/c7-4-2(5(9)10)1-3(8)12-6(4)11/h1,5H. The molecule has 0 aliphatic heterocycles. The summed E-state index contributed by atoms with van der Waals surface area (Å²) in [5.74, 6) is -1.03. The van der Waals surface area contributed by atoms with E-state index >= 15 is 0 Å². The third-order valence-electron chi connectivity index (χ3n) is 1.15. The molecule has 1 nitrogen and oxygen atoms in total. The van der Waals surface area contributed by atoms with E-state index in [9.17, 15) is 13.2 Å². The van der Waals surface area contributed by atoms with Gasteiger partial charge < -0.3 is 0 Å². The van der Waals surface area contributed by atoms with Gasteiger partial charge in [0.25, 0.3) is 6.43 Å². The Morgan fingerprint density at radius 3 is 2.58 bits per heavy atom. The van der Waals surface area contributed by atoms with Crippen molar-refractivity contribution >= 4 is 27.5 Å². The van der Waals surface area contributed by atoms with Gasteiger partial charge in [-0.3, -0.25) is 0 Å². The van der Waals surface area contributed by atoms with Gasteiger partial charge in [-0.2, -0.15) is 4.39 Å². The van der Waals surface area contributed by atoms with Crippen molar-refractivity contribution < 1.29 is 13.2 Å². The first-order valence-electron chi connectivity index (χ1n) is 2.82. The number of halogens is 5. The second kappa shape index (κ2) is 3.62. The van der Waals surface area contributed by atoms with Crippen molar-refractivity contribution in [1.29, 1.82) is 0 Å². The van der Waals surface area contributed by atoms with E-state index in [1.165, 1.54) is 0 Å². The van der Waals surface area contributed by atoms with Crippen molar-refractivity contribution in [2.24, 2.45) is 0 Å². The van der Waals surface area contributed by atoms with Crippen molar-refractivity contribution in [2.75, 3.05) is 0 Å². The van der Waals surface area contributed by atoms with E-state index in [4.69, 9.17) is 11.6 Å². The smallest absolute Gasteiger partial charge is 0.207 e. The lowest BCUT2D eigenvalue weighted by atomic mass is 10.3. The van der Waals surface area contributed by atoms with Crippen LogP contribution in [0.5, 0.6) is 0 Å². The first kappa shape index (κ1) is 9.80. The summed E-state index contributed by atoms with van der Waals surface area (Å²) in [6.45, 7) is 0. The predicted molar refractivity (Wildman–Crippen MR) is 41.9 cm³/mol. The van der Waals surface area contributed by atoms with Gasteiger partial charge in [-0.15, -0.1) is 0 Å². The zero-order valence-corrected chi connectivity index (χ0v) is 7.83. The Hall–Kier alpha value is -0.290. The lowest BCUT2D eigenvalue weighted by molar-refractivity contribution is 0.149. The maximum atomic E-state index is 12.6. The second-order valence-electron chi connectivity index (χ2n) is 1.94. The van der Waals surface area contributed by atoms with Crippen LogP contribution in [0.15, 0.2) is 10.5 Å². The lowest BCUT2D eigenvalue weighted by Gasteiger charge is -2.03. The molecule has 1 aromatic rings. The van der Waals surface area contributed by atoms with Gasteiger partial charge in [0.05, 0.1) is 4.47 Å². The Bertz CT molecular complexity index is 305. The number of pyridine rings is 1. The second-order valence-corrected chi connectivity index (χ2v) is 3.12. The van der Waals surface area contributed by atoms with Gasteiger partial charge in [-0.05, 0) is 22.0 Å². The van der Waals surface area contributed by atoms with Crippen LogP contribution < -0.4 is 0 Å². The summed E-state index contributed by atoms with van der Waals surface area (Å²) in [5.41, 5.74) is -0.493. The molecule has 1 rings (SSSR count). The van der Waals surface area contributed by atoms with Crippen LogP contribution in [0.3, 0.4) is 0 Å². The van der Waals surface area contributed by atoms with Crippen molar-refractivity contribution in [3.05, 3.63) is 27.2 Å². The van der Waals surface area contributed by atoms with E-state index in [0.29, 0.717) is 0 Å². The molecule has 0 saturated carbocycles. The van der Waals surface area contributed by atoms with E-state index in [-0.39, 0.29) is 9.63 Å². The van der Waals surface area contributed by atoms with Crippen molar-refractivity contribution in [3.8, 4) is 0 Å². The Balaban J connectivity index is 3.28. The fourth-order valence-corrected chi connectivity index (χ4v) is 1.21. The molecule has 1 aromatic heterocycles. The molecule has 0 aliphatic carbocycles. The molecule has 0 atom stereocenters. The van der Waals surface area contributed by atoms with Gasteiger partial charge in [-0.25, -0.2) is 13.8 Å². The highest BCUT2D eigenvalue weighted by atomic mass is 79.9. The number of alkyl halides is 2. The summed E-state index contributed by atoms with van der Waals surface area (Å²) >= 11 is 7.90. The van der Waals surface area contributed by atoms with Crippen molar-refractivity contribution in [1.82, 2.24) is 4.98 Å². The average molecular weight is 260 g/mol. The maximum Gasteiger partial charge on any atom is 0.265 e. The Morgan fingerprint density at radius 2 is 2.08 bits per heavy atom. The van der Waals surface area contributed by atoms with Crippen molar-refractivity contribution in [2.45, 2.75) is 6.43 Å². The summed E-state index contributed by atoms with van der Waals surface area (Å²) in [4.78, 5) is 3.13. The lowest BCUT2D eigenvalue weighted by Crippen LogP contribution is -1.93. The summed E-state index contributed by atoms with van der Waals surface area (Å²) in [6.07, 6.45) is -2.77. The summed E-state index contributed by atoms with van der Waals surface area (Å²) < 4.78 is 36.5. The molecule has 0 unspecified atom stereocenters. The van der Waals surface area contributed by atoms with Crippen LogP contribution in [-0.4, -0.2) is 4.98 Å². The predicted octanol–water partition coefficient (Wildman–Crippen LogP) is 3.57. The van der Waals surface area contributed by atoms with Gasteiger partial charge >= 0.3 is 0 Å². The van der Waals surface area contributed by atoms with Crippen LogP contribution in [0.2, 0.25) is 5.15 Å². The zero-order chi connectivity index (χ0) is 9.30. The third kappa shape index (κ3) is 1.90. The molecule has 0 aromatic carbocycles. The maximum absolute atomic E-state index is 12.6. The molecule has 0 spiro atoms. The zero-order valence-electron chi connectivity index (χ0n) is 5.49. The number of rotatable bonds is 1. The molecule has 0 radical (unpaired) electrons. The van der Waals surface area contributed by atoms with Crippen LogP contribution in [-0.2, 0) is 0 Å². The Labute approximate surface area is 79.7 Å². The van der Waals surface area contributed by atoms with Crippen LogP contribution in [0.1, 0.15) is 12.0 Å². The molecular formula is C6H2BrClF3N. The minimum atomic E-state index is -2.77. The number of nitrogens with zero attached hydrogens (tertiary/aromatic N) is 1.